The van der Waals surface area contributed by atoms with Crippen LogP contribution in [0.1, 0.15) is 12.5 Å². The Morgan fingerprint density at radius 2 is 2.15 bits per heavy atom. The summed E-state index contributed by atoms with van der Waals surface area (Å²) in [6, 6.07) is 7.52. The van der Waals surface area contributed by atoms with Crippen LogP contribution in [0, 0.1) is 6.42 Å². The van der Waals surface area contributed by atoms with Gasteiger partial charge in [-0.15, -0.1) is 0 Å². The van der Waals surface area contributed by atoms with E-state index in [1.54, 1.807) is 0 Å². The SMILES string of the molecule is C[CH]c1ccccc1NC(=O)OC. The highest BCUT2D eigenvalue weighted by Crippen LogP contribution is 2.16. The lowest BCUT2D eigenvalue weighted by Gasteiger charge is -2.07. The first-order valence-electron chi connectivity index (χ1n) is 4.01. The molecule has 0 fully saturated rings. The monoisotopic (exact) mass is 178 g/mol. The van der Waals surface area contributed by atoms with Crippen LogP contribution in [0.25, 0.3) is 0 Å². The van der Waals surface area contributed by atoms with Gasteiger partial charge in [0.1, 0.15) is 0 Å². The molecule has 1 N–H and O–H groups in total. The van der Waals surface area contributed by atoms with Crippen molar-refractivity contribution in [3.8, 4) is 0 Å². The molecule has 0 aliphatic heterocycles. The van der Waals surface area contributed by atoms with Crippen molar-refractivity contribution in [2.24, 2.45) is 0 Å². The van der Waals surface area contributed by atoms with E-state index in [-0.39, 0.29) is 0 Å². The zero-order valence-electron chi connectivity index (χ0n) is 7.70. The molecule has 0 spiro atoms. The first kappa shape index (κ1) is 9.58. The molecule has 1 rings (SSSR count). The van der Waals surface area contributed by atoms with Crippen LogP contribution in [0.15, 0.2) is 24.3 Å². The Morgan fingerprint density at radius 1 is 1.46 bits per heavy atom. The lowest BCUT2D eigenvalue weighted by molar-refractivity contribution is 0.187. The molecule has 0 saturated heterocycles. The molecule has 0 aliphatic rings. The average Bonchev–Trinajstić information content (AvgIpc) is 2.18. The van der Waals surface area contributed by atoms with E-state index < -0.39 is 6.09 Å². The Labute approximate surface area is 77.7 Å². The second-order valence-electron chi connectivity index (χ2n) is 2.49. The van der Waals surface area contributed by atoms with Crippen molar-refractivity contribution in [3.63, 3.8) is 0 Å². The van der Waals surface area contributed by atoms with E-state index in [1.165, 1.54) is 7.11 Å². The number of benzene rings is 1. The summed E-state index contributed by atoms with van der Waals surface area (Å²) in [6.45, 7) is 1.91. The normalized spacial score (nSPS) is 9.38. The zero-order valence-corrected chi connectivity index (χ0v) is 7.70. The summed E-state index contributed by atoms with van der Waals surface area (Å²) in [5.41, 5.74) is 1.74. The Morgan fingerprint density at radius 3 is 2.77 bits per heavy atom. The van der Waals surface area contributed by atoms with Gasteiger partial charge in [-0.05, 0) is 18.1 Å². The van der Waals surface area contributed by atoms with E-state index in [9.17, 15) is 4.79 Å². The second kappa shape index (κ2) is 4.50. The maximum atomic E-state index is 10.9. The first-order chi connectivity index (χ1) is 6.27. The van der Waals surface area contributed by atoms with Crippen LogP contribution in [0.5, 0.6) is 0 Å². The smallest absolute Gasteiger partial charge is 0.411 e. The number of hydrogen-bond acceptors (Lipinski definition) is 2. The third-order valence-corrected chi connectivity index (χ3v) is 1.69. The van der Waals surface area contributed by atoms with E-state index >= 15 is 0 Å². The van der Waals surface area contributed by atoms with Crippen LogP contribution in [0.3, 0.4) is 0 Å². The average molecular weight is 178 g/mol. The number of ether oxygens (including phenoxy) is 1. The van der Waals surface area contributed by atoms with Crippen LogP contribution >= 0.6 is 0 Å². The van der Waals surface area contributed by atoms with Gasteiger partial charge in [0, 0.05) is 5.69 Å². The molecule has 0 aromatic heterocycles. The summed E-state index contributed by atoms with van der Waals surface area (Å²) >= 11 is 0. The Balaban J connectivity index is 2.81. The number of carbonyl (C=O) groups is 1. The molecule has 1 amide bonds. The van der Waals surface area contributed by atoms with Crippen LogP contribution in [-0.4, -0.2) is 13.2 Å². The number of carbonyl (C=O) groups excluding carboxylic acids is 1. The molecule has 0 unspecified atom stereocenters. The topological polar surface area (TPSA) is 38.3 Å². The highest BCUT2D eigenvalue weighted by molar-refractivity contribution is 5.85. The van der Waals surface area contributed by atoms with Gasteiger partial charge in [0.25, 0.3) is 0 Å². The molecule has 13 heavy (non-hydrogen) atoms. The first-order valence-corrected chi connectivity index (χ1v) is 4.01. The van der Waals surface area contributed by atoms with Crippen LogP contribution < -0.4 is 5.32 Å². The predicted molar refractivity (Wildman–Crippen MR) is 51.5 cm³/mol. The summed E-state index contributed by atoms with van der Waals surface area (Å²) in [4.78, 5) is 10.9. The van der Waals surface area contributed by atoms with Crippen LogP contribution in [-0.2, 0) is 4.74 Å². The minimum atomic E-state index is -0.450. The van der Waals surface area contributed by atoms with Gasteiger partial charge < -0.3 is 4.74 Å². The summed E-state index contributed by atoms with van der Waals surface area (Å²) in [7, 11) is 1.34. The molecule has 1 radical (unpaired) electrons. The lowest BCUT2D eigenvalue weighted by atomic mass is 10.1. The van der Waals surface area contributed by atoms with Crippen molar-refractivity contribution in [2.75, 3.05) is 12.4 Å². The molecule has 69 valence electrons. The third-order valence-electron chi connectivity index (χ3n) is 1.69. The number of rotatable bonds is 2. The van der Waals surface area contributed by atoms with Crippen molar-refractivity contribution in [1.29, 1.82) is 0 Å². The fraction of sp³-hybridized carbons (Fsp3) is 0.200. The summed E-state index contributed by atoms with van der Waals surface area (Å²) in [5.74, 6) is 0. The highest BCUT2D eigenvalue weighted by Gasteiger charge is 2.03. The summed E-state index contributed by atoms with van der Waals surface area (Å²) in [5, 5.41) is 2.62. The fourth-order valence-electron chi connectivity index (χ4n) is 1.02. The van der Waals surface area contributed by atoms with E-state index in [2.05, 4.69) is 10.1 Å². The second-order valence-corrected chi connectivity index (χ2v) is 2.49. The lowest BCUT2D eigenvalue weighted by Crippen LogP contribution is -2.11. The van der Waals surface area contributed by atoms with Crippen molar-refractivity contribution in [2.45, 2.75) is 6.92 Å². The van der Waals surface area contributed by atoms with E-state index in [4.69, 9.17) is 0 Å². The van der Waals surface area contributed by atoms with Crippen molar-refractivity contribution in [1.82, 2.24) is 0 Å². The maximum Gasteiger partial charge on any atom is 0.411 e. The number of methoxy groups -OCH3 is 1. The fourth-order valence-corrected chi connectivity index (χ4v) is 1.02. The number of amides is 1. The molecule has 0 atom stereocenters. The molecule has 3 heteroatoms. The highest BCUT2D eigenvalue weighted by atomic mass is 16.5. The van der Waals surface area contributed by atoms with Gasteiger partial charge in [-0.2, -0.15) is 0 Å². The van der Waals surface area contributed by atoms with Crippen LogP contribution in [0.2, 0.25) is 0 Å². The van der Waals surface area contributed by atoms with Crippen molar-refractivity contribution < 1.29 is 9.53 Å². The molecule has 0 saturated carbocycles. The van der Waals surface area contributed by atoms with Gasteiger partial charge in [-0.1, -0.05) is 25.1 Å². The van der Waals surface area contributed by atoms with Crippen molar-refractivity contribution in [3.05, 3.63) is 36.2 Å². The number of nitrogens with one attached hydrogen (secondary N) is 1. The van der Waals surface area contributed by atoms with E-state index in [1.807, 2.05) is 37.6 Å². The minimum absolute atomic E-state index is 0.450. The van der Waals surface area contributed by atoms with Gasteiger partial charge in [0.15, 0.2) is 0 Å². The van der Waals surface area contributed by atoms with Crippen molar-refractivity contribution >= 4 is 11.8 Å². The molecular formula is C10H12NO2. The molecule has 0 bridgehead atoms. The standard InChI is InChI=1S/C10H12NO2/c1-3-8-6-4-5-7-9(8)11-10(12)13-2/h3-7H,1-2H3,(H,11,12). The molecule has 3 nitrogen and oxygen atoms in total. The maximum absolute atomic E-state index is 10.9. The Hall–Kier alpha value is -1.51. The van der Waals surface area contributed by atoms with Gasteiger partial charge in [0.05, 0.1) is 7.11 Å². The largest absolute Gasteiger partial charge is 0.453 e. The predicted octanol–water partition coefficient (Wildman–Crippen LogP) is 2.44. The molecule has 0 aliphatic carbocycles. The number of para-hydroxylation sites is 1. The van der Waals surface area contributed by atoms with E-state index in [0.29, 0.717) is 0 Å². The number of anilines is 1. The third kappa shape index (κ3) is 2.47. The Bertz CT molecular complexity index is 297. The van der Waals surface area contributed by atoms with Gasteiger partial charge in [-0.25, -0.2) is 4.79 Å². The van der Waals surface area contributed by atoms with Gasteiger partial charge in [-0.3, -0.25) is 5.32 Å². The van der Waals surface area contributed by atoms with E-state index in [0.717, 1.165) is 11.3 Å². The summed E-state index contributed by atoms with van der Waals surface area (Å²) < 4.78 is 4.49. The molecule has 0 heterocycles. The van der Waals surface area contributed by atoms with Gasteiger partial charge >= 0.3 is 6.09 Å². The number of hydrogen-bond donors (Lipinski definition) is 1. The zero-order chi connectivity index (χ0) is 9.68. The minimum Gasteiger partial charge on any atom is -0.453 e. The summed E-state index contributed by atoms with van der Waals surface area (Å²) in [6.07, 6.45) is 1.47. The molecule has 1 aromatic rings. The van der Waals surface area contributed by atoms with Crippen LogP contribution in [0.4, 0.5) is 10.5 Å². The van der Waals surface area contributed by atoms with Gasteiger partial charge in [0.2, 0.25) is 0 Å². The molecule has 1 aromatic carbocycles. The quantitative estimate of drug-likeness (QED) is 0.755. The Kier molecular flexibility index (Phi) is 3.31. The molecular weight excluding hydrogens is 166 g/mol.